The molecular formula is C23H23N3O3S. The summed E-state index contributed by atoms with van der Waals surface area (Å²) in [6.07, 6.45) is 5.48. The number of amides is 1. The summed E-state index contributed by atoms with van der Waals surface area (Å²) in [6.45, 7) is 0.347. The Morgan fingerprint density at radius 1 is 0.967 bits per heavy atom. The van der Waals surface area contributed by atoms with E-state index >= 15 is 0 Å². The van der Waals surface area contributed by atoms with Crippen molar-refractivity contribution < 1.29 is 13.2 Å². The highest BCUT2D eigenvalue weighted by atomic mass is 32.2. The fourth-order valence-electron chi connectivity index (χ4n) is 3.69. The van der Waals surface area contributed by atoms with Crippen molar-refractivity contribution in [3.63, 3.8) is 0 Å². The minimum absolute atomic E-state index is 0.213. The van der Waals surface area contributed by atoms with Crippen molar-refractivity contribution in [1.29, 1.82) is 0 Å². The lowest BCUT2D eigenvalue weighted by molar-refractivity contribution is -0.119. The van der Waals surface area contributed by atoms with Crippen molar-refractivity contribution in [3.05, 3.63) is 90.3 Å². The number of nitrogens with zero attached hydrogens (tertiary/aromatic N) is 2. The molecule has 1 amide bonds. The summed E-state index contributed by atoms with van der Waals surface area (Å²) in [5.74, 6) is -0.297. The lowest BCUT2D eigenvalue weighted by Gasteiger charge is -2.23. The molecule has 0 saturated carbocycles. The Bertz CT molecular complexity index is 1100. The van der Waals surface area contributed by atoms with Crippen molar-refractivity contribution in [2.24, 2.45) is 0 Å². The minimum Gasteiger partial charge on any atom is -0.325 e. The van der Waals surface area contributed by atoms with Crippen molar-refractivity contribution in [1.82, 2.24) is 9.29 Å². The fraction of sp³-hybridized carbons (Fsp3) is 0.217. The van der Waals surface area contributed by atoms with Gasteiger partial charge in [0.1, 0.15) is 6.04 Å². The average molecular weight is 422 g/mol. The van der Waals surface area contributed by atoms with E-state index in [2.05, 4.69) is 10.3 Å². The van der Waals surface area contributed by atoms with Crippen molar-refractivity contribution >= 4 is 21.6 Å². The number of pyridine rings is 1. The van der Waals surface area contributed by atoms with Gasteiger partial charge in [-0.1, -0.05) is 30.3 Å². The van der Waals surface area contributed by atoms with E-state index in [9.17, 15) is 13.2 Å². The number of nitrogens with one attached hydrogen (secondary N) is 1. The number of aromatic nitrogens is 1. The van der Waals surface area contributed by atoms with Crippen LogP contribution in [0.5, 0.6) is 0 Å². The van der Waals surface area contributed by atoms with E-state index in [0.29, 0.717) is 25.1 Å². The second kappa shape index (κ2) is 8.77. The lowest BCUT2D eigenvalue weighted by Crippen LogP contribution is -2.43. The van der Waals surface area contributed by atoms with E-state index < -0.39 is 16.1 Å². The van der Waals surface area contributed by atoms with Gasteiger partial charge in [0, 0.05) is 24.6 Å². The van der Waals surface area contributed by atoms with Crippen LogP contribution in [0.2, 0.25) is 0 Å². The van der Waals surface area contributed by atoms with E-state index in [-0.39, 0.29) is 10.8 Å². The van der Waals surface area contributed by atoms with Crippen molar-refractivity contribution in [2.75, 3.05) is 11.9 Å². The first-order chi connectivity index (χ1) is 14.5. The van der Waals surface area contributed by atoms with Gasteiger partial charge in [-0.2, -0.15) is 4.31 Å². The van der Waals surface area contributed by atoms with Gasteiger partial charge in [-0.05, 0) is 66.8 Å². The molecule has 154 valence electrons. The smallest absolute Gasteiger partial charge is 0.243 e. The summed E-state index contributed by atoms with van der Waals surface area (Å²) in [7, 11) is -3.70. The van der Waals surface area contributed by atoms with Crippen LogP contribution in [-0.4, -0.2) is 36.2 Å². The van der Waals surface area contributed by atoms with Crippen LogP contribution in [-0.2, 0) is 21.2 Å². The zero-order chi connectivity index (χ0) is 21.0. The van der Waals surface area contributed by atoms with Crippen molar-refractivity contribution in [2.45, 2.75) is 30.2 Å². The Morgan fingerprint density at radius 3 is 2.33 bits per heavy atom. The van der Waals surface area contributed by atoms with Crippen LogP contribution in [0.1, 0.15) is 24.0 Å². The molecule has 1 aliphatic heterocycles. The van der Waals surface area contributed by atoms with E-state index in [4.69, 9.17) is 0 Å². The zero-order valence-corrected chi connectivity index (χ0v) is 17.3. The van der Waals surface area contributed by atoms with Gasteiger partial charge in [0.05, 0.1) is 4.90 Å². The second-order valence-electron chi connectivity index (χ2n) is 7.31. The van der Waals surface area contributed by atoms with Gasteiger partial charge in [0.15, 0.2) is 0 Å². The third-order valence-electron chi connectivity index (χ3n) is 5.24. The van der Waals surface area contributed by atoms with Gasteiger partial charge >= 0.3 is 0 Å². The number of benzene rings is 2. The minimum atomic E-state index is -3.70. The maximum absolute atomic E-state index is 13.0. The van der Waals surface area contributed by atoms with Gasteiger partial charge in [-0.15, -0.1) is 0 Å². The van der Waals surface area contributed by atoms with Crippen LogP contribution >= 0.6 is 0 Å². The maximum Gasteiger partial charge on any atom is 0.243 e. The molecule has 0 aliphatic carbocycles. The molecule has 6 nitrogen and oxygen atoms in total. The number of sulfonamides is 1. The van der Waals surface area contributed by atoms with Gasteiger partial charge in [-0.25, -0.2) is 8.42 Å². The number of carbonyl (C=O) groups is 1. The molecule has 0 spiro atoms. The van der Waals surface area contributed by atoms with Crippen LogP contribution in [0.25, 0.3) is 0 Å². The molecule has 2 heterocycles. The molecule has 1 aromatic heterocycles. The lowest BCUT2D eigenvalue weighted by atomic mass is 10.1. The molecule has 30 heavy (non-hydrogen) atoms. The van der Waals surface area contributed by atoms with Gasteiger partial charge < -0.3 is 5.32 Å². The largest absolute Gasteiger partial charge is 0.325 e. The summed E-state index contributed by atoms with van der Waals surface area (Å²) in [5.41, 5.74) is 2.94. The average Bonchev–Trinajstić information content (AvgIpc) is 3.28. The highest BCUT2D eigenvalue weighted by Gasteiger charge is 2.39. The molecule has 1 aliphatic rings. The molecule has 2 aromatic carbocycles. The highest BCUT2D eigenvalue weighted by molar-refractivity contribution is 7.89. The summed E-state index contributed by atoms with van der Waals surface area (Å²) < 4.78 is 27.2. The number of rotatable bonds is 6. The summed E-state index contributed by atoms with van der Waals surface area (Å²) >= 11 is 0. The van der Waals surface area contributed by atoms with Crippen molar-refractivity contribution in [3.8, 4) is 0 Å². The molecule has 0 bridgehead atoms. The molecule has 0 radical (unpaired) electrons. The number of hydrogen-bond acceptors (Lipinski definition) is 4. The molecule has 1 N–H and O–H groups in total. The molecule has 4 rings (SSSR count). The Balaban J connectivity index is 1.44. The Labute approximate surface area is 176 Å². The van der Waals surface area contributed by atoms with Gasteiger partial charge in [0.25, 0.3) is 0 Å². The van der Waals surface area contributed by atoms with Gasteiger partial charge in [-0.3, -0.25) is 9.78 Å². The zero-order valence-electron chi connectivity index (χ0n) is 16.4. The molecule has 1 unspecified atom stereocenters. The topological polar surface area (TPSA) is 79.4 Å². The Morgan fingerprint density at radius 2 is 1.63 bits per heavy atom. The standard InChI is InChI=1S/C23H23N3O3S/c27-23(22-7-4-16-26(22)30(28,29)21-5-2-1-3-6-21)25-20-10-8-18(9-11-20)17-19-12-14-24-15-13-19/h1-3,5-6,8-15,22H,4,7,16-17H2,(H,25,27). The predicted molar refractivity (Wildman–Crippen MR) is 115 cm³/mol. The monoisotopic (exact) mass is 421 g/mol. The Kier molecular flexibility index (Phi) is 5.92. The van der Waals surface area contributed by atoms with E-state index in [0.717, 1.165) is 17.5 Å². The van der Waals surface area contributed by atoms with Gasteiger partial charge in [0.2, 0.25) is 15.9 Å². The molecule has 1 atom stereocenters. The summed E-state index contributed by atoms with van der Waals surface area (Å²) in [6, 6.07) is 19.1. The van der Waals surface area contributed by atoms with Crippen LogP contribution in [0.15, 0.2) is 84.0 Å². The summed E-state index contributed by atoms with van der Waals surface area (Å²) in [4.78, 5) is 17.1. The van der Waals surface area contributed by atoms with Crippen LogP contribution in [0, 0.1) is 0 Å². The Hall–Kier alpha value is -3.03. The highest BCUT2D eigenvalue weighted by Crippen LogP contribution is 2.27. The maximum atomic E-state index is 13.0. The molecule has 3 aromatic rings. The van der Waals surface area contributed by atoms with Crippen LogP contribution in [0.4, 0.5) is 5.69 Å². The SMILES string of the molecule is O=C(Nc1ccc(Cc2ccncc2)cc1)C1CCCN1S(=O)(=O)c1ccccc1. The number of carbonyl (C=O) groups excluding carboxylic acids is 1. The fourth-order valence-corrected chi connectivity index (χ4v) is 5.36. The molecule has 7 heteroatoms. The third-order valence-corrected chi connectivity index (χ3v) is 7.16. The summed E-state index contributed by atoms with van der Waals surface area (Å²) in [5, 5.41) is 2.87. The quantitative estimate of drug-likeness (QED) is 0.661. The van der Waals surface area contributed by atoms with E-state index in [1.54, 1.807) is 42.7 Å². The number of anilines is 1. The van der Waals surface area contributed by atoms with E-state index in [1.165, 1.54) is 4.31 Å². The normalized spacial score (nSPS) is 17.0. The number of hydrogen-bond donors (Lipinski definition) is 1. The van der Waals surface area contributed by atoms with E-state index in [1.807, 2.05) is 36.4 Å². The predicted octanol–water partition coefficient (Wildman–Crippen LogP) is 3.46. The molecule has 1 fully saturated rings. The van der Waals surface area contributed by atoms with Crippen LogP contribution in [0.3, 0.4) is 0 Å². The van der Waals surface area contributed by atoms with Crippen LogP contribution < -0.4 is 5.32 Å². The second-order valence-corrected chi connectivity index (χ2v) is 9.20. The first kappa shape index (κ1) is 20.3. The first-order valence-corrected chi connectivity index (χ1v) is 11.3. The third kappa shape index (κ3) is 4.42. The molecular weight excluding hydrogens is 398 g/mol. The molecule has 1 saturated heterocycles. The first-order valence-electron chi connectivity index (χ1n) is 9.90.